The highest BCUT2D eigenvalue weighted by Crippen LogP contribution is 2.51. The lowest BCUT2D eigenvalue weighted by Crippen LogP contribution is -2.44. The Bertz CT molecular complexity index is 399. The molecule has 0 saturated heterocycles. The van der Waals surface area contributed by atoms with E-state index < -0.39 is 5.54 Å². The van der Waals surface area contributed by atoms with Gasteiger partial charge in [-0.1, -0.05) is 13.8 Å². The number of ether oxygens (including phenoxy) is 1. The van der Waals surface area contributed by atoms with Crippen LogP contribution in [-0.4, -0.2) is 30.1 Å². The first-order valence-corrected chi connectivity index (χ1v) is 6.08. The number of carbonyl (C=O) groups is 2. The quantitative estimate of drug-likeness (QED) is 0.686. The molecule has 3 atom stereocenters. The standard InChI is InChI=1S/C13H19NO3/c1-5-17-11(16)13(4)10-8(7-14-13)12(2,3)6-9(10)15/h7-8,10H,5-6H2,1-4H3/t8-,10-,13?/m1/s1. The summed E-state index contributed by atoms with van der Waals surface area (Å²) in [5.74, 6) is -0.524. The van der Waals surface area contributed by atoms with Crippen molar-refractivity contribution in [3.05, 3.63) is 0 Å². The summed E-state index contributed by atoms with van der Waals surface area (Å²) in [7, 11) is 0. The van der Waals surface area contributed by atoms with Gasteiger partial charge in [-0.25, -0.2) is 4.79 Å². The average Bonchev–Trinajstić information content (AvgIpc) is 2.67. The first-order valence-electron chi connectivity index (χ1n) is 6.08. The van der Waals surface area contributed by atoms with E-state index in [4.69, 9.17) is 4.74 Å². The van der Waals surface area contributed by atoms with Crippen molar-refractivity contribution in [1.29, 1.82) is 0 Å². The number of hydrogen-bond acceptors (Lipinski definition) is 4. The molecular weight excluding hydrogens is 218 g/mol. The third kappa shape index (κ3) is 1.61. The minimum Gasteiger partial charge on any atom is -0.464 e. The van der Waals surface area contributed by atoms with Gasteiger partial charge < -0.3 is 4.74 Å². The second-order valence-corrected chi connectivity index (χ2v) is 5.78. The van der Waals surface area contributed by atoms with Crippen LogP contribution < -0.4 is 0 Å². The number of rotatable bonds is 2. The third-order valence-electron chi connectivity index (χ3n) is 4.04. The van der Waals surface area contributed by atoms with Crippen LogP contribution in [0, 0.1) is 17.3 Å². The molecule has 1 heterocycles. The van der Waals surface area contributed by atoms with Crippen LogP contribution in [0.15, 0.2) is 4.99 Å². The lowest BCUT2D eigenvalue weighted by molar-refractivity contribution is -0.152. The first-order chi connectivity index (χ1) is 7.83. The van der Waals surface area contributed by atoms with E-state index in [2.05, 4.69) is 18.8 Å². The molecule has 1 saturated carbocycles. The Labute approximate surface area is 101 Å². The fraction of sp³-hybridized carbons (Fsp3) is 0.769. The highest BCUT2D eigenvalue weighted by Gasteiger charge is 2.61. The molecule has 4 nitrogen and oxygen atoms in total. The molecule has 2 rings (SSSR count). The Kier molecular flexibility index (Phi) is 2.64. The fourth-order valence-electron chi connectivity index (χ4n) is 3.05. The van der Waals surface area contributed by atoms with Crippen LogP contribution in [0.4, 0.5) is 0 Å². The van der Waals surface area contributed by atoms with Crippen molar-refractivity contribution in [2.45, 2.75) is 39.7 Å². The summed E-state index contributed by atoms with van der Waals surface area (Å²) in [6, 6.07) is 0. The molecule has 94 valence electrons. The number of carbonyl (C=O) groups excluding carboxylic acids is 2. The molecule has 4 heteroatoms. The third-order valence-corrected chi connectivity index (χ3v) is 4.04. The zero-order valence-electron chi connectivity index (χ0n) is 10.8. The van der Waals surface area contributed by atoms with Crippen molar-refractivity contribution < 1.29 is 14.3 Å². The summed E-state index contributed by atoms with van der Waals surface area (Å²) < 4.78 is 5.05. The van der Waals surface area contributed by atoms with Gasteiger partial charge in [-0.15, -0.1) is 0 Å². The Hall–Kier alpha value is -1.19. The highest BCUT2D eigenvalue weighted by molar-refractivity contribution is 6.00. The van der Waals surface area contributed by atoms with Crippen molar-refractivity contribution in [3.8, 4) is 0 Å². The van der Waals surface area contributed by atoms with E-state index in [1.165, 1.54) is 0 Å². The van der Waals surface area contributed by atoms with Gasteiger partial charge in [-0.2, -0.15) is 0 Å². The summed E-state index contributed by atoms with van der Waals surface area (Å²) in [5.41, 5.74) is -1.11. The predicted molar refractivity (Wildman–Crippen MR) is 63.9 cm³/mol. The molecule has 0 aromatic rings. The second-order valence-electron chi connectivity index (χ2n) is 5.78. The molecule has 0 bridgehead atoms. The molecule has 0 aromatic heterocycles. The van der Waals surface area contributed by atoms with Gasteiger partial charge in [0, 0.05) is 18.6 Å². The number of aliphatic imine (C=N–C) groups is 1. The molecule has 1 fully saturated rings. The Morgan fingerprint density at radius 1 is 1.53 bits per heavy atom. The summed E-state index contributed by atoms with van der Waals surface area (Å²) in [6.07, 6.45) is 2.30. The van der Waals surface area contributed by atoms with E-state index >= 15 is 0 Å². The van der Waals surface area contributed by atoms with Gasteiger partial charge in [0.25, 0.3) is 0 Å². The average molecular weight is 237 g/mol. The van der Waals surface area contributed by atoms with Gasteiger partial charge in [-0.3, -0.25) is 9.79 Å². The van der Waals surface area contributed by atoms with Crippen LogP contribution >= 0.6 is 0 Å². The zero-order chi connectivity index (χ0) is 12.8. The van der Waals surface area contributed by atoms with Crippen LogP contribution in [0.2, 0.25) is 0 Å². The molecule has 0 radical (unpaired) electrons. The number of ketones is 1. The van der Waals surface area contributed by atoms with Gasteiger partial charge in [0.05, 0.1) is 12.5 Å². The molecule has 1 unspecified atom stereocenters. The first kappa shape index (κ1) is 12.3. The minimum atomic E-state index is -1.01. The summed E-state index contributed by atoms with van der Waals surface area (Å²) in [5, 5.41) is 0. The van der Waals surface area contributed by atoms with Crippen molar-refractivity contribution in [2.75, 3.05) is 6.61 Å². The van der Waals surface area contributed by atoms with E-state index in [1.807, 2.05) is 0 Å². The molecule has 0 N–H and O–H groups in total. The smallest absolute Gasteiger partial charge is 0.334 e. The minimum absolute atomic E-state index is 0.0596. The van der Waals surface area contributed by atoms with Crippen molar-refractivity contribution in [1.82, 2.24) is 0 Å². The number of hydrogen-bond donors (Lipinski definition) is 0. The lowest BCUT2D eigenvalue weighted by Gasteiger charge is -2.27. The summed E-state index contributed by atoms with van der Waals surface area (Å²) >= 11 is 0. The van der Waals surface area contributed by atoms with Gasteiger partial charge in [0.2, 0.25) is 0 Å². The molecule has 2 aliphatic rings. The monoisotopic (exact) mass is 237 g/mol. The summed E-state index contributed by atoms with van der Waals surface area (Å²) in [6.45, 7) is 7.90. The highest BCUT2D eigenvalue weighted by atomic mass is 16.5. The van der Waals surface area contributed by atoms with Crippen LogP contribution in [0.1, 0.15) is 34.1 Å². The maximum absolute atomic E-state index is 12.1. The number of fused-ring (bicyclic) bond motifs is 1. The Balaban J connectivity index is 2.33. The van der Waals surface area contributed by atoms with Crippen molar-refractivity contribution >= 4 is 18.0 Å². The zero-order valence-corrected chi connectivity index (χ0v) is 10.8. The van der Waals surface area contributed by atoms with Gasteiger partial charge >= 0.3 is 5.97 Å². The normalized spacial score (nSPS) is 38.2. The maximum atomic E-state index is 12.1. The molecule has 1 aliphatic carbocycles. The van der Waals surface area contributed by atoms with Crippen molar-refractivity contribution in [3.63, 3.8) is 0 Å². The topological polar surface area (TPSA) is 55.7 Å². The second kappa shape index (κ2) is 3.65. The van der Waals surface area contributed by atoms with Crippen LogP contribution in [0.25, 0.3) is 0 Å². The van der Waals surface area contributed by atoms with Crippen LogP contribution in [-0.2, 0) is 14.3 Å². The maximum Gasteiger partial charge on any atom is 0.334 e. The fourth-order valence-corrected chi connectivity index (χ4v) is 3.05. The molecule has 17 heavy (non-hydrogen) atoms. The van der Waals surface area contributed by atoms with E-state index in [9.17, 15) is 9.59 Å². The number of esters is 1. The SMILES string of the molecule is CCOC(=O)C1(C)N=C[C@@H]2[C@@H]1C(=O)CC2(C)C. The lowest BCUT2D eigenvalue weighted by atomic mass is 9.75. The molecule has 1 aliphatic heterocycles. The Morgan fingerprint density at radius 2 is 2.18 bits per heavy atom. The molecular formula is C13H19NO3. The summed E-state index contributed by atoms with van der Waals surface area (Å²) in [4.78, 5) is 28.4. The largest absolute Gasteiger partial charge is 0.464 e. The van der Waals surface area contributed by atoms with Crippen LogP contribution in [0.3, 0.4) is 0 Å². The van der Waals surface area contributed by atoms with Gasteiger partial charge in [0.15, 0.2) is 5.54 Å². The number of nitrogens with zero attached hydrogens (tertiary/aromatic N) is 1. The molecule has 0 aromatic carbocycles. The molecule has 0 amide bonds. The van der Waals surface area contributed by atoms with E-state index in [0.717, 1.165) is 0 Å². The Morgan fingerprint density at radius 3 is 2.76 bits per heavy atom. The van der Waals surface area contributed by atoms with Gasteiger partial charge in [-0.05, 0) is 19.3 Å². The van der Waals surface area contributed by atoms with Crippen molar-refractivity contribution in [2.24, 2.45) is 22.2 Å². The van der Waals surface area contributed by atoms with Gasteiger partial charge in [0.1, 0.15) is 5.78 Å². The van der Waals surface area contributed by atoms with Crippen LogP contribution in [0.5, 0.6) is 0 Å². The predicted octanol–water partition coefficient (Wildman–Crippen LogP) is 1.62. The van der Waals surface area contributed by atoms with E-state index in [1.54, 1.807) is 20.1 Å². The van der Waals surface area contributed by atoms with E-state index in [-0.39, 0.29) is 29.0 Å². The number of Topliss-reactive ketones (excluding diaryl/α,β-unsaturated/α-hetero) is 1. The molecule has 0 spiro atoms. The van der Waals surface area contributed by atoms with E-state index in [0.29, 0.717) is 13.0 Å².